The number of benzene rings is 1. The molecular formula is C15H14FNOS. The van der Waals surface area contributed by atoms with E-state index in [1.165, 1.54) is 17.7 Å². The fraction of sp³-hybridized carbons (Fsp3) is 0.200. The summed E-state index contributed by atoms with van der Waals surface area (Å²) in [6.07, 6.45) is 0.946. The summed E-state index contributed by atoms with van der Waals surface area (Å²) in [6, 6.07) is 8.11. The van der Waals surface area contributed by atoms with Crippen LogP contribution in [-0.4, -0.2) is 0 Å². The second kappa shape index (κ2) is 4.79. The monoisotopic (exact) mass is 275 g/mol. The molecule has 0 saturated carbocycles. The molecule has 0 radical (unpaired) electrons. The fourth-order valence-corrected chi connectivity index (χ4v) is 3.24. The van der Waals surface area contributed by atoms with Gasteiger partial charge in [0.05, 0.1) is 6.04 Å². The molecule has 2 aromatic heterocycles. The van der Waals surface area contributed by atoms with Crippen LogP contribution in [0.25, 0.3) is 11.0 Å². The number of rotatable bonds is 3. The molecule has 0 bridgehead atoms. The maximum Gasteiger partial charge on any atom is 0.134 e. The molecule has 0 fully saturated rings. The van der Waals surface area contributed by atoms with Crippen LogP contribution in [0.2, 0.25) is 0 Å². The summed E-state index contributed by atoms with van der Waals surface area (Å²) in [6.45, 7) is 2.10. The summed E-state index contributed by atoms with van der Waals surface area (Å²) in [5.74, 6) is 0.413. The Kier molecular flexibility index (Phi) is 3.12. The van der Waals surface area contributed by atoms with Gasteiger partial charge < -0.3 is 10.2 Å². The Morgan fingerprint density at radius 1 is 1.32 bits per heavy atom. The molecular weight excluding hydrogens is 261 g/mol. The quantitative estimate of drug-likeness (QED) is 0.776. The first-order valence-corrected chi connectivity index (χ1v) is 7.08. The Balaban J connectivity index is 2.04. The molecule has 2 nitrogen and oxygen atoms in total. The number of hydrogen-bond donors (Lipinski definition) is 1. The van der Waals surface area contributed by atoms with Crippen LogP contribution in [0, 0.1) is 5.82 Å². The van der Waals surface area contributed by atoms with Gasteiger partial charge in [-0.3, -0.25) is 0 Å². The van der Waals surface area contributed by atoms with Crippen LogP contribution in [-0.2, 0) is 6.42 Å². The lowest BCUT2D eigenvalue weighted by Gasteiger charge is -2.08. The van der Waals surface area contributed by atoms with Gasteiger partial charge in [-0.1, -0.05) is 6.92 Å². The average Bonchev–Trinajstić information content (AvgIpc) is 3.03. The lowest BCUT2D eigenvalue weighted by molar-refractivity contribution is 0.526. The molecule has 19 heavy (non-hydrogen) atoms. The van der Waals surface area contributed by atoms with Gasteiger partial charge in [-0.15, -0.1) is 11.3 Å². The molecule has 0 aliphatic rings. The van der Waals surface area contributed by atoms with E-state index in [1.54, 1.807) is 17.4 Å². The van der Waals surface area contributed by atoms with Crippen LogP contribution in [0.5, 0.6) is 0 Å². The summed E-state index contributed by atoms with van der Waals surface area (Å²) in [5.41, 5.74) is 8.17. The van der Waals surface area contributed by atoms with Gasteiger partial charge >= 0.3 is 0 Å². The Morgan fingerprint density at radius 2 is 2.16 bits per heavy atom. The fourth-order valence-electron chi connectivity index (χ4n) is 2.23. The molecule has 4 heteroatoms. The normalized spacial score (nSPS) is 13.0. The van der Waals surface area contributed by atoms with Crippen molar-refractivity contribution in [1.82, 2.24) is 0 Å². The van der Waals surface area contributed by atoms with Crippen molar-refractivity contribution in [1.29, 1.82) is 0 Å². The standard InChI is InChI=1S/C15H14FNOS/c1-2-9-5-6-19-15(9)14(17)13-8-10-7-11(16)3-4-12(10)18-13/h3-8,14H,2,17H2,1H3. The first kappa shape index (κ1) is 12.4. The van der Waals surface area contributed by atoms with E-state index in [0.717, 1.165) is 16.7 Å². The second-order valence-electron chi connectivity index (χ2n) is 4.47. The summed E-state index contributed by atoms with van der Waals surface area (Å²) in [5, 5.41) is 2.79. The number of halogens is 1. The largest absolute Gasteiger partial charge is 0.459 e. The van der Waals surface area contributed by atoms with Crippen LogP contribution in [0.3, 0.4) is 0 Å². The van der Waals surface area contributed by atoms with Gasteiger partial charge in [-0.05, 0) is 47.7 Å². The zero-order valence-electron chi connectivity index (χ0n) is 10.5. The molecule has 2 heterocycles. The minimum Gasteiger partial charge on any atom is -0.459 e. The summed E-state index contributed by atoms with van der Waals surface area (Å²) in [4.78, 5) is 1.11. The van der Waals surface area contributed by atoms with Crippen molar-refractivity contribution in [2.75, 3.05) is 0 Å². The minimum atomic E-state index is -0.287. The highest BCUT2D eigenvalue weighted by molar-refractivity contribution is 7.10. The minimum absolute atomic E-state index is 0.265. The lowest BCUT2D eigenvalue weighted by atomic mass is 10.1. The Labute approximate surface area is 114 Å². The number of furan rings is 1. The van der Waals surface area contributed by atoms with Gasteiger partial charge in [0, 0.05) is 10.3 Å². The van der Waals surface area contributed by atoms with Crippen molar-refractivity contribution in [2.24, 2.45) is 5.73 Å². The zero-order valence-corrected chi connectivity index (χ0v) is 11.3. The number of thiophene rings is 1. The van der Waals surface area contributed by atoms with Gasteiger partial charge in [-0.25, -0.2) is 4.39 Å². The van der Waals surface area contributed by atoms with Crippen molar-refractivity contribution >= 4 is 22.3 Å². The highest BCUT2D eigenvalue weighted by atomic mass is 32.1. The number of aryl methyl sites for hydroxylation is 1. The van der Waals surface area contributed by atoms with Crippen molar-refractivity contribution in [3.05, 3.63) is 57.7 Å². The molecule has 3 rings (SSSR count). The van der Waals surface area contributed by atoms with Gasteiger partial charge in [0.15, 0.2) is 0 Å². The SMILES string of the molecule is CCc1ccsc1C(N)c1cc2cc(F)ccc2o1. The molecule has 0 spiro atoms. The maximum atomic E-state index is 13.2. The van der Waals surface area contributed by atoms with Crippen LogP contribution >= 0.6 is 11.3 Å². The number of nitrogens with two attached hydrogens (primary N) is 1. The molecule has 98 valence electrons. The Bertz CT molecular complexity index is 716. The molecule has 1 aromatic carbocycles. The van der Waals surface area contributed by atoms with Gasteiger partial charge in [0.2, 0.25) is 0 Å². The van der Waals surface area contributed by atoms with Gasteiger partial charge in [0.25, 0.3) is 0 Å². The van der Waals surface area contributed by atoms with Crippen molar-refractivity contribution in [3.63, 3.8) is 0 Å². The van der Waals surface area contributed by atoms with E-state index in [9.17, 15) is 4.39 Å². The van der Waals surface area contributed by atoms with Gasteiger partial charge in [0.1, 0.15) is 17.2 Å². The average molecular weight is 275 g/mol. The van der Waals surface area contributed by atoms with E-state index in [2.05, 4.69) is 13.0 Å². The molecule has 2 N–H and O–H groups in total. The van der Waals surface area contributed by atoms with Crippen molar-refractivity contribution in [3.8, 4) is 0 Å². The van der Waals surface area contributed by atoms with E-state index in [0.29, 0.717) is 11.3 Å². The first-order valence-electron chi connectivity index (χ1n) is 6.20. The first-order chi connectivity index (χ1) is 9.19. The topological polar surface area (TPSA) is 39.2 Å². The smallest absolute Gasteiger partial charge is 0.134 e. The lowest BCUT2D eigenvalue weighted by Crippen LogP contribution is -2.10. The zero-order chi connectivity index (χ0) is 13.4. The third-order valence-corrected chi connectivity index (χ3v) is 4.29. The van der Waals surface area contributed by atoms with Gasteiger partial charge in [-0.2, -0.15) is 0 Å². The molecule has 1 unspecified atom stereocenters. The second-order valence-corrected chi connectivity index (χ2v) is 5.42. The molecule has 0 saturated heterocycles. The van der Waals surface area contributed by atoms with Crippen LogP contribution in [0.15, 0.2) is 40.1 Å². The molecule has 0 aliphatic carbocycles. The van der Waals surface area contributed by atoms with E-state index in [-0.39, 0.29) is 11.9 Å². The Hall–Kier alpha value is -1.65. The number of fused-ring (bicyclic) bond motifs is 1. The van der Waals surface area contributed by atoms with E-state index >= 15 is 0 Å². The third kappa shape index (κ3) is 2.17. The molecule has 1 atom stereocenters. The summed E-state index contributed by atoms with van der Waals surface area (Å²) >= 11 is 1.63. The Morgan fingerprint density at radius 3 is 2.95 bits per heavy atom. The predicted octanol–water partition coefficient (Wildman–Crippen LogP) is 4.24. The van der Waals surface area contributed by atoms with E-state index < -0.39 is 0 Å². The summed E-state index contributed by atoms with van der Waals surface area (Å²) in [7, 11) is 0. The summed E-state index contributed by atoms with van der Waals surface area (Å²) < 4.78 is 18.9. The highest BCUT2D eigenvalue weighted by Gasteiger charge is 2.18. The van der Waals surface area contributed by atoms with Crippen LogP contribution < -0.4 is 5.73 Å². The molecule has 0 amide bonds. The van der Waals surface area contributed by atoms with Crippen molar-refractivity contribution < 1.29 is 8.81 Å². The van der Waals surface area contributed by atoms with E-state index in [1.807, 2.05) is 11.4 Å². The highest BCUT2D eigenvalue weighted by Crippen LogP contribution is 2.31. The molecule has 0 aliphatic heterocycles. The van der Waals surface area contributed by atoms with Crippen LogP contribution in [0.4, 0.5) is 4.39 Å². The predicted molar refractivity (Wildman–Crippen MR) is 75.9 cm³/mol. The maximum absolute atomic E-state index is 13.2. The molecule has 3 aromatic rings. The van der Waals surface area contributed by atoms with Crippen LogP contribution in [0.1, 0.15) is 29.2 Å². The third-order valence-electron chi connectivity index (χ3n) is 3.25. The van der Waals surface area contributed by atoms with Crippen molar-refractivity contribution in [2.45, 2.75) is 19.4 Å². The van der Waals surface area contributed by atoms with E-state index in [4.69, 9.17) is 10.2 Å². The number of hydrogen-bond acceptors (Lipinski definition) is 3.